The fourth-order valence-electron chi connectivity index (χ4n) is 2.52. The predicted octanol–water partition coefficient (Wildman–Crippen LogP) is 3.52. The summed E-state index contributed by atoms with van der Waals surface area (Å²) < 4.78 is 57.3. The van der Waals surface area contributed by atoms with Gasteiger partial charge in [-0.2, -0.15) is 0 Å². The molecule has 8 heteroatoms. The lowest BCUT2D eigenvalue weighted by Crippen LogP contribution is -2.29. The van der Waals surface area contributed by atoms with Crippen LogP contribution in [0.3, 0.4) is 0 Å². The number of benzene rings is 1. The highest BCUT2D eigenvalue weighted by atomic mass is 32.2. The zero-order chi connectivity index (χ0) is 18.6. The minimum absolute atomic E-state index is 0.00180. The molecule has 0 aliphatic rings. The molecule has 3 aromatic rings. The van der Waals surface area contributed by atoms with Crippen LogP contribution in [0.1, 0.15) is 24.4 Å². The standard InChI is InChI=1S/C18H18FNO5S/c1-2-23-18-8-7-13(11-15(18)19)26(21,22)20-12-14(16-5-3-9-24-16)17-6-4-10-25-17/h3-11,14,20H,2,12H2,1H3. The van der Waals surface area contributed by atoms with Crippen molar-refractivity contribution >= 4 is 10.0 Å². The number of rotatable bonds is 8. The SMILES string of the molecule is CCOc1ccc(S(=O)(=O)NCC(c2ccco2)c2ccco2)cc1F. The monoisotopic (exact) mass is 379 g/mol. The van der Waals surface area contributed by atoms with Gasteiger partial charge in [0.05, 0.1) is 29.9 Å². The Balaban J connectivity index is 1.79. The first-order chi connectivity index (χ1) is 12.5. The molecule has 0 aliphatic heterocycles. The number of hydrogen-bond donors (Lipinski definition) is 1. The first-order valence-electron chi connectivity index (χ1n) is 8.00. The van der Waals surface area contributed by atoms with Crippen molar-refractivity contribution in [3.05, 3.63) is 72.3 Å². The molecular weight excluding hydrogens is 361 g/mol. The molecule has 0 atom stereocenters. The van der Waals surface area contributed by atoms with E-state index >= 15 is 0 Å². The molecule has 138 valence electrons. The van der Waals surface area contributed by atoms with Gasteiger partial charge in [0.25, 0.3) is 0 Å². The van der Waals surface area contributed by atoms with Crippen LogP contribution in [0, 0.1) is 5.82 Å². The fraction of sp³-hybridized carbons (Fsp3) is 0.222. The van der Waals surface area contributed by atoms with E-state index in [1.807, 2.05) is 0 Å². The summed E-state index contributed by atoms with van der Waals surface area (Å²) in [6.45, 7) is 2.00. The van der Waals surface area contributed by atoms with Crippen molar-refractivity contribution < 1.29 is 26.4 Å². The lowest BCUT2D eigenvalue weighted by molar-refractivity contribution is 0.321. The van der Waals surface area contributed by atoms with Crippen LogP contribution in [0.25, 0.3) is 0 Å². The first kappa shape index (κ1) is 18.2. The number of furan rings is 2. The summed E-state index contributed by atoms with van der Waals surface area (Å²) in [5, 5.41) is 0. The van der Waals surface area contributed by atoms with Gasteiger partial charge >= 0.3 is 0 Å². The number of ether oxygens (including phenoxy) is 1. The molecule has 0 radical (unpaired) electrons. The van der Waals surface area contributed by atoms with Gasteiger partial charge in [0.1, 0.15) is 11.5 Å². The average Bonchev–Trinajstić information content (AvgIpc) is 3.31. The van der Waals surface area contributed by atoms with Crippen molar-refractivity contribution in [2.75, 3.05) is 13.2 Å². The van der Waals surface area contributed by atoms with Gasteiger partial charge in [-0.1, -0.05) is 0 Å². The lowest BCUT2D eigenvalue weighted by Gasteiger charge is -2.14. The Morgan fingerprint density at radius 2 is 1.77 bits per heavy atom. The van der Waals surface area contributed by atoms with Crippen molar-refractivity contribution in [2.24, 2.45) is 0 Å². The van der Waals surface area contributed by atoms with E-state index in [4.69, 9.17) is 13.6 Å². The first-order valence-corrected chi connectivity index (χ1v) is 9.48. The Bertz CT molecular complexity index is 902. The molecule has 0 unspecified atom stereocenters. The quantitative estimate of drug-likeness (QED) is 0.648. The van der Waals surface area contributed by atoms with E-state index in [9.17, 15) is 12.8 Å². The van der Waals surface area contributed by atoms with Gasteiger partial charge in [-0.05, 0) is 49.4 Å². The largest absolute Gasteiger partial charge is 0.491 e. The summed E-state index contributed by atoms with van der Waals surface area (Å²) in [5.41, 5.74) is 0. The second-order valence-electron chi connectivity index (χ2n) is 5.46. The molecule has 2 aromatic heterocycles. The zero-order valence-corrected chi connectivity index (χ0v) is 14.8. The van der Waals surface area contributed by atoms with E-state index < -0.39 is 21.8 Å². The van der Waals surface area contributed by atoms with Crippen LogP contribution in [0.5, 0.6) is 5.75 Å². The Hall–Kier alpha value is -2.58. The molecule has 0 amide bonds. The third-order valence-electron chi connectivity index (χ3n) is 3.76. The van der Waals surface area contributed by atoms with E-state index in [0.29, 0.717) is 11.5 Å². The molecule has 0 saturated carbocycles. The molecular formula is C18H18FNO5S. The summed E-state index contributed by atoms with van der Waals surface area (Å²) >= 11 is 0. The maximum absolute atomic E-state index is 14.0. The highest BCUT2D eigenvalue weighted by Gasteiger charge is 2.24. The maximum Gasteiger partial charge on any atom is 0.240 e. The van der Waals surface area contributed by atoms with Gasteiger partial charge in [0.15, 0.2) is 11.6 Å². The molecule has 0 spiro atoms. The topological polar surface area (TPSA) is 81.7 Å². The Morgan fingerprint density at radius 3 is 2.27 bits per heavy atom. The molecule has 0 fully saturated rings. The number of halogens is 1. The van der Waals surface area contributed by atoms with Crippen LogP contribution in [0.2, 0.25) is 0 Å². The maximum atomic E-state index is 14.0. The molecule has 1 N–H and O–H groups in total. The van der Waals surface area contributed by atoms with Gasteiger partial charge in [0.2, 0.25) is 10.0 Å². The summed E-state index contributed by atoms with van der Waals surface area (Å²) in [6.07, 6.45) is 3.00. The number of nitrogens with one attached hydrogen (secondary N) is 1. The lowest BCUT2D eigenvalue weighted by atomic mass is 10.0. The van der Waals surface area contributed by atoms with Crippen LogP contribution in [0.15, 0.2) is 68.7 Å². The van der Waals surface area contributed by atoms with Crippen molar-refractivity contribution in [2.45, 2.75) is 17.7 Å². The normalized spacial score (nSPS) is 11.8. The van der Waals surface area contributed by atoms with Gasteiger partial charge in [-0.15, -0.1) is 0 Å². The minimum Gasteiger partial charge on any atom is -0.491 e. The average molecular weight is 379 g/mol. The predicted molar refractivity (Wildman–Crippen MR) is 92.0 cm³/mol. The van der Waals surface area contributed by atoms with Crippen molar-refractivity contribution in [1.82, 2.24) is 4.72 Å². The van der Waals surface area contributed by atoms with E-state index in [2.05, 4.69) is 4.72 Å². The highest BCUT2D eigenvalue weighted by Crippen LogP contribution is 2.26. The van der Waals surface area contributed by atoms with Crippen molar-refractivity contribution in [1.29, 1.82) is 0 Å². The van der Waals surface area contributed by atoms with E-state index in [1.54, 1.807) is 31.2 Å². The van der Waals surface area contributed by atoms with Crippen LogP contribution in [-0.4, -0.2) is 21.6 Å². The third kappa shape index (κ3) is 3.97. The smallest absolute Gasteiger partial charge is 0.240 e. The molecule has 1 aromatic carbocycles. The van der Waals surface area contributed by atoms with Crippen LogP contribution < -0.4 is 9.46 Å². The summed E-state index contributed by atoms with van der Waals surface area (Å²) in [6, 6.07) is 10.4. The second kappa shape index (κ2) is 7.76. The molecule has 3 rings (SSSR count). The fourth-order valence-corrected chi connectivity index (χ4v) is 3.58. The Kier molecular flexibility index (Phi) is 5.43. The summed E-state index contributed by atoms with van der Waals surface area (Å²) in [5.74, 6) is -0.0535. The summed E-state index contributed by atoms with van der Waals surface area (Å²) in [4.78, 5) is -0.184. The van der Waals surface area contributed by atoms with Crippen molar-refractivity contribution in [3.8, 4) is 5.75 Å². The third-order valence-corrected chi connectivity index (χ3v) is 5.19. The van der Waals surface area contributed by atoms with Gasteiger partial charge < -0.3 is 13.6 Å². The molecule has 26 heavy (non-hydrogen) atoms. The van der Waals surface area contributed by atoms with Crippen LogP contribution >= 0.6 is 0 Å². The van der Waals surface area contributed by atoms with E-state index in [1.165, 1.54) is 24.7 Å². The molecule has 0 aliphatic carbocycles. The Morgan fingerprint density at radius 1 is 1.12 bits per heavy atom. The second-order valence-corrected chi connectivity index (χ2v) is 7.23. The van der Waals surface area contributed by atoms with Crippen LogP contribution in [-0.2, 0) is 10.0 Å². The summed E-state index contributed by atoms with van der Waals surface area (Å²) in [7, 11) is -3.92. The van der Waals surface area contributed by atoms with E-state index in [-0.39, 0.29) is 23.8 Å². The zero-order valence-electron chi connectivity index (χ0n) is 14.0. The van der Waals surface area contributed by atoms with E-state index in [0.717, 1.165) is 6.07 Å². The van der Waals surface area contributed by atoms with Gasteiger partial charge in [-0.3, -0.25) is 0 Å². The molecule has 6 nitrogen and oxygen atoms in total. The van der Waals surface area contributed by atoms with Gasteiger partial charge in [0, 0.05) is 6.54 Å². The van der Waals surface area contributed by atoms with Crippen molar-refractivity contribution in [3.63, 3.8) is 0 Å². The number of sulfonamides is 1. The molecule has 0 bridgehead atoms. The molecule has 2 heterocycles. The molecule has 0 saturated heterocycles. The van der Waals surface area contributed by atoms with Gasteiger partial charge in [-0.25, -0.2) is 17.5 Å². The number of hydrogen-bond acceptors (Lipinski definition) is 5. The minimum atomic E-state index is -3.92. The van der Waals surface area contributed by atoms with Crippen LogP contribution in [0.4, 0.5) is 4.39 Å². The Labute approximate surface area is 150 Å². The highest BCUT2D eigenvalue weighted by molar-refractivity contribution is 7.89.